The maximum atomic E-state index is 12.2. The third-order valence-electron chi connectivity index (χ3n) is 4.18. The van der Waals surface area contributed by atoms with Crippen molar-refractivity contribution in [2.75, 3.05) is 5.32 Å². The molecule has 0 fully saturated rings. The SMILES string of the molecule is Cc1ccc(-c2nnc(NC(=O)CCc3ccc(C)c(C)c3)s2)cc1. The molecule has 3 aromatic rings. The third-order valence-corrected chi connectivity index (χ3v) is 5.07. The molecule has 4 nitrogen and oxygen atoms in total. The summed E-state index contributed by atoms with van der Waals surface area (Å²) in [5, 5.41) is 12.4. The number of aryl methyl sites for hydroxylation is 4. The summed E-state index contributed by atoms with van der Waals surface area (Å²) in [4.78, 5) is 12.2. The monoisotopic (exact) mass is 351 g/mol. The molecular weight excluding hydrogens is 330 g/mol. The Morgan fingerprint density at radius 3 is 2.48 bits per heavy atom. The van der Waals surface area contributed by atoms with E-state index in [1.165, 1.54) is 33.6 Å². The molecule has 2 aromatic carbocycles. The molecule has 5 heteroatoms. The summed E-state index contributed by atoms with van der Waals surface area (Å²) in [6.07, 6.45) is 1.15. The molecule has 0 radical (unpaired) electrons. The largest absolute Gasteiger partial charge is 0.301 e. The molecule has 0 aliphatic rings. The highest BCUT2D eigenvalue weighted by atomic mass is 32.1. The van der Waals surface area contributed by atoms with E-state index >= 15 is 0 Å². The molecule has 0 aliphatic carbocycles. The minimum atomic E-state index is -0.0372. The van der Waals surface area contributed by atoms with Crippen LogP contribution in [0.1, 0.15) is 28.7 Å². The quantitative estimate of drug-likeness (QED) is 0.725. The Balaban J connectivity index is 1.58. The summed E-state index contributed by atoms with van der Waals surface area (Å²) in [6.45, 7) is 6.23. The van der Waals surface area contributed by atoms with Crippen LogP contribution in [0.15, 0.2) is 42.5 Å². The first-order valence-corrected chi connectivity index (χ1v) is 9.09. The van der Waals surface area contributed by atoms with Crippen molar-refractivity contribution in [3.63, 3.8) is 0 Å². The number of anilines is 1. The topological polar surface area (TPSA) is 54.9 Å². The number of nitrogens with zero attached hydrogens (tertiary/aromatic N) is 2. The molecule has 1 heterocycles. The first kappa shape index (κ1) is 17.3. The van der Waals surface area contributed by atoms with Gasteiger partial charge in [-0.3, -0.25) is 4.79 Å². The lowest BCUT2D eigenvalue weighted by molar-refractivity contribution is -0.116. The van der Waals surface area contributed by atoms with E-state index in [4.69, 9.17) is 0 Å². The lowest BCUT2D eigenvalue weighted by Gasteiger charge is -2.05. The smallest absolute Gasteiger partial charge is 0.226 e. The standard InChI is InChI=1S/C20H21N3OS/c1-13-4-9-17(10-5-13)19-22-23-20(25-19)21-18(24)11-8-16-7-6-14(2)15(3)12-16/h4-7,9-10,12H,8,11H2,1-3H3,(H,21,23,24). The lowest BCUT2D eigenvalue weighted by atomic mass is 10.0. The van der Waals surface area contributed by atoms with Crippen molar-refractivity contribution < 1.29 is 4.79 Å². The summed E-state index contributed by atoms with van der Waals surface area (Å²) in [5.74, 6) is -0.0372. The number of carbonyl (C=O) groups excluding carboxylic acids is 1. The fraction of sp³-hybridized carbons (Fsp3) is 0.250. The molecule has 3 rings (SSSR count). The first-order chi connectivity index (χ1) is 12.0. The van der Waals surface area contributed by atoms with Gasteiger partial charge in [-0.1, -0.05) is 59.4 Å². The van der Waals surface area contributed by atoms with Crippen LogP contribution in [0, 0.1) is 20.8 Å². The zero-order valence-electron chi connectivity index (χ0n) is 14.7. The van der Waals surface area contributed by atoms with Crippen LogP contribution in [-0.2, 0) is 11.2 Å². The second kappa shape index (κ2) is 7.57. The second-order valence-corrected chi connectivity index (χ2v) is 7.22. The average Bonchev–Trinajstić information content (AvgIpc) is 3.05. The molecule has 1 aromatic heterocycles. The van der Waals surface area contributed by atoms with Crippen LogP contribution in [-0.4, -0.2) is 16.1 Å². The Kier molecular flexibility index (Phi) is 5.24. The number of nitrogens with one attached hydrogen (secondary N) is 1. The van der Waals surface area contributed by atoms with E-state index in [0.717, 1.165) is 17.0 Å². The normalized spacial score (nSPS) is 10.7. The summed E-state index contributed by atoms with van der Waals surface area (Å²) in [6, 6.07) is 14.4. The van der Waals surface area contributed by atoms with E-state index < -0.39 is 0 Å². The van der Waals surface area contributed by atoms with E-state index in [1.54, 1.807) is 0 Å². The van der Waals surface area contributed by atoms with E-state index in [1.807, 2.05) is 31.2 Å². The summed E-state index contributed by atoms with van der Waals surface area (Å²) in [5.41, 5.74) is 5.91. The first-order valence-electron chi connectivity index (χ1n) is 8.28. The molecule has 0 unspecified atom stereocenters. The van der Waals surface area contributed by atoms with Gasteiger partial charge < -0.3 is 5.32 Å². The highest BCUT2D eigenvalue weighted by molar-refractivity contribution is 7.18. The number of hydrogen-bond donors (Lipinski definition) is 1. The van der Waals surface area contributed by atoms with Gasteiger partial charge in [-0.15, -0.1) is 10.2 Å². The molecule has 1 N–H and O–H groups in total. The lowest BCUT2D eigenvalue weighted by Crippen LogP contribution is -2.12. The van der Waals surface area contributed by atoms with Gasteiger partial charge >= 0.3 is 0 Å². The van der Waals surface area contributed by atoms with Gasteiger partial charge in [0.15, 0.2) is 0 Å². The zero-order valence-corrected chi connectivity index (χ0v) is 15.5. The molecular formula is C20H21N3OS. The van der Waals surface area contributed by atoms with Gasteiger partial charge in [0.05, 0.1) is 0 Å². The van der Waals surface area contributed by atoms with Crippen LogP contribution < -0.4 is 5.32 Å². The summed E-state index contributed by atoms with van der Waals surface area (Å²) in [7, 11) is 0. The number of aromatic nitrogens is 2. The number of rotatable bonds is 5. The highest BCUT2D eigenvalue weighted by Gasteiger charge is 2.10. The van der Waals surface area contributed by atoms with Crippen molar-refractivity contribution >= 4 is 22.4 Å². The third kappa shape index (κ3) is 4.51. The zero-order chi connectivity index (χ0) is 17.8. The van der Waals surface area contributed by atoms with E-state index in [2.05, 4.69) is 47.6 Å². The summed E-state index contributed by atoms with van der Waals surface area (Å²) < 4.78 is 0. The predicted octanol–water partition coefficient (Wildman–Crippen LogP) is 4.70. The number of benzene rings is 2. The average molecular weight is 351 g/mol. The van der Waals surface area contributed by atoms with Crippen molar-refractivity contribution in [2.45, 2.75) is 33.6 Å². The van der Waals surface area contributed by atoms with Crippen molar-refractivity contribution in [1.29, 1.82) is 0 Å². The van der Waals surface area contributed by atoms with Crippen LogP contribution >= 0.6 is 11.3 Å². The molecule has 1 amide bonds. The Labute approximate surface area is 151 Å². The Hall–Kier alpha value is -2.53. The van der Waals surface area contributed by atoms with Crippen molar-refractivity contribution in [3.05, 3.63) is 64.7 Å². The Morgan fingerprint density at radius 1 is 1.00 bits per heavy atom. The van der Waals surface area contributed by atoms with Crippen LogP contribution in [0.25, 0.3) is 10.6 Å². The maximum Gasteiger partial charge on any atom is 0.226 e. The fourth-order valence-electron chi connectivity index (χ4n) is 2.49. The molecule has 25 heavy (non-hydrogen) atoms. The van der Waals surface area contributed by atoms with Gasteiger partial charge in [0.1, 0.15) is 5.01 Å². The van der Waals surface area contributed by atoms with Crippen LogP contribution in [0.4, 0.5) is 5.13 Å². The van der Waals surface area contributed by atoms with Gasteiger partial charge in [0.2, 0.25) is 11.0 Å². The number of hydrogen-bond acceptors (Lipinski definition) is 4. The molecule has 0 aliphatic heterocycles. The van der Waals surface area contributed by atoms with Gasteiger partial charge in [0.25, 0.3) is 0 Å². The fourth-order valence-corrected chi connectivity index (χ4v) is 3.25. The van der Waals surface area contributed by atoms with Gasteiger partial charge in [0, 0.05) is 12.0 Å². The molecule has 0 bridgehead atoms. The van der Waals surface area contributed by atoms with Crippen molar-refractivity contribution in [3.8, 4) is 10.6 Å². The van der Waals surface area contributed by atoms with Crippen LogP contribution in [0.2, 0.25) is 0 Å². The molecule has 0 atom stereocenters. The Morgan fingerprint density at radius 2 is 1.76 bits per heavy atom. The second-order valence-electron chi connectivity index (χ2n) is 6.25. The van der Waals surface area contributed by atoms with Crippen LogP contribution in [0.5, 0.6) is 0 Å². The maximum absolute atomic E-state index is 12.2. The van der Waals surface area contributed by atoms with Gasteiger partial charge in [-0.25, -0.2) is 0 Å². The molecule has 128 valence electrons. The number of carbonyl (C=O) groups is 1. The highest BCUT2D eigenvalue weighted by Crippen LogP contribution is 2.26. The predicted molar refractivity (Wildman–Crippen MR) is 103 cm³/mol. The number of amides is 1. The van der Waals surface area contributed by atoms with Crippen molar-refractivity contribution in [2.24, 2.45) is 0 Å². The van der Waals surface area contributed by atoms with E-state index in [9.17, 15) is 4.79 Å². The minimum absolute atomic E-state index is 0.0372. The van der Waals surface area contributed by atoms with E-state index in [-0.39, 0.29) is 5.91 Å². The molecule has 0 saturated carbocycles. The van der Waals surface area contributed by atoms with Crippen LogP contribution in [0.3, 0.4) is 0 Å². The Bertz CT molecular complexity index is 884. The minimum Gasteiger partial charge on any atom is -0.301 e. The van der Waals surface area contributed by atoms with Crippen molar-refractivity contribution in [1.82, 2.24) is 10.2 Å². The summed E-state index contributed by atoms with van der Waals surface area (Å²) >= 11 is 1.39. The molecule has 0 saturated heterocycles. The van der Waals surface area contributed by atoms with E-state index in [0.29, 0.717) is 11.6 Å². The molecule has 0 spiro atoms. The van der Waals surface area contributed by atoms with Gasteiger partial charge in [-0.05, 0) is 43.9 Å². The van der Waals surface area contributed by atoms with Gasteiger partial charge in [-0.2, -0.15) is 0 Å².